The zero-order valence-electron chi connectivity index (χ0n) is 20.7. The van der Waals surface area contributed by atoms with E-state index >= 15 is 0 Å². The fourth-order valence-corrected chi connectivity index (χ4v) is 4.41. The maximum absolute atomic E-state index is 12.8. The lowest BCUT2D eigenvalue weighted by molar-refractivity contribution is -0.120. The number of hydrogen-bond acceptors (Lipinski definition) is 7. The second-order valence-electron chi connectivity index (χ2n) is 9.25. The minimum Gasteiger partial charge on any atom is -0.357 e. The Morgan fingerprint density at radius 3 is 2.29 bits per heavy atom. The SMILES string of the molecule is CNc1nc(NCC(C)c2ccccc2)nc(NC2CCC(C(=O)Nc3ccccc3C)CC2)n1. The van der Waals surface area contributed by atoms with Gasteiger partial charge in [-0.3, -0.25) is 4.79 Å². The van der Waals surface area contributed by atoms with Crippen LogP contribution in [0.4, 0.5) is 23.5 Å². The van der Waals surface area contributed by atoms with Crippen molar-refractivity contribution < 1.29 is 4.79 Å². The van der Waals surface area contributed by atoms with Crippen LogP contribution in [0.5, 0.6) is 0 Å². The Labute approximate surface area is 207 Å². The van der Waals surface area contributed by atoms with Crippen LogP contribution in [0, 0.1) is 12.8 Å². The quantitative estimate of drug-likeness (QED) is 0.345. The lowest BCUT2D eigenvalue weighted by Gasteiger charge is -2.28. The molecule has 0 spiro atoms. The van der Waals surface area contributed by atoms with Crippen LogP contribution in [0.15, 0.2) is 54.6 Å². The second-order valence-corrected chi connectivity index (χ2v) is 9.25. The molecule has 4 rings (SSSR count). The Bertz CT molecular complexity index is 1110. The van der Waals surface area contributed by atoms with E-state index < -0.39 is 0 Å². The van der Waals surface area contributed by atoms with Gasteiger partial charge in [0.15, 0.2) is 0 Å². The lowest BCUT2D eigenvalue weighted by atomic mass is 9.85. The normalized spacial score (nSPS) is 18.4. The first kappa shape index (κ1) is 24.4. The first-order valence-corrected chi connectivity index (χ1v) is 12.4. The number of hydrogen-bond donors (Lipinski definition) is 4. The third-order valence-corrected chi connectivity index (χ3v) is 6.63. The number of para-hydroxylation sites is 1. The number of benzene rings is 2. The fraction of sp³-hybridized carbons (Fsp3) is 0.407. The highest BCUT2D eigenvalue weighted by molar-refractivity contribution is 5.93. The number of carbonyl (C=O) groups excluding carboxylic acids is 1. The zero-order chi connectivity index (χ0) is 24.6. The molecular formula is C27H35N7O. The minimum atomic E-state index is 0.0237. The van der Waals surface area contributed by atoms with Crippen LogP contribution in [-0.4, -0.2) is 40.5 Å². The number of aromatic nitrogens is 3. The van der Waals surface area contributed by atoms with Gasteiger partial charge in [-0.1, -0.05) is 55.5 Å². The molecule has 35 heavy (non-hydrogen) atoms. The van der Waals surface area contributed by atoms with Crippen molar-refractivity contribution in [3.63, 3.8) is 0 Å². The number of carbonyl (C=O) groups is 1. The van der Waals surface area contributed by atoms with Crippen molar-refractivity contribution in [1.29, 1.82) is 0 Å². The predicted molar refractivity (Wildman–Crippen MR) is 142 cm³/mol. The van der Waals surface area contributed by atoms with Crippen molar-refractivity contribution in [3.8, 4) is 0 Å². The number of aryl methyl sites for hydroxylation is 1. The summed E-state index contributed by atoms with van der Waals surface area (Å²) in [6.07, 6.45) is 3.44. The van der Waals surface area contributed by atoms with Crippen LogP contribution >= 0.6 is 0 Å². The van der Waals surface area contributed by atoms with Crippen LogP contribution in [-0.2, 0) is 4.79 Å². The summed E-state index contributed by atoms with van der Waals surface area (Å²) in [6.45, 7) is 4.91. The van der Waals surface area contributed by atoms with Gasteiger partial charge in [-0.05, 0) is 55.7 Å². The second kappa shape index (κ2) is 11.6. The van der Waals surface area contributed by atoms with E-state index in [1.54, 1.807) is 7.05 Å². The molecule has 1 amide bonds. The molecule has 0 bridgehead atoms. The van der Waals surface area contributed by atoms with Crippen molar-refractivity contribution in [2.45, 2.75) is 51.5 Å². The molecule has 1 aromatic heterocycles. The summed E-state index contributed by atoms with van der Waals surface area (Å²) >= 11 is 0. The molecule has 1 aliphatic carbocycles. The Kier molecular flexibility index (Phi) is 8.13. The number of amides is 1. The molecule has 1 heterocycles. The summed E-state index contributed by atoms with van der Waals surface area (Å²) in [5, 5.41) is 12.9. The molecule has 1 saturated carbocycles. The average molecular weight is 474 g/mol. The molecule has 1 atom stereocenters. The highest BCUT2D eigenvalue weighted by Crippen LogP contribution is 2.28. The maximum atomic E-state index is 12.8. The molecule has 1 aliphatic rings. The molecule has 3 aromatic rings. The monoisotopic (exact) mass is 473 g/mol. The standard InChI is InChI=1S/C27H35N7O/c1-18-9-7-8-12-23(18)31-24(35)21-13-15-22(16-14-21)30-27-33-25(28-3)32-26(34-27)29-17-19(2)20-10-5-4-6-11-20/h4-12,19,21-22H,13-17H2,1-3H3,(H,31,35)(H3,28,29,30,32,33,34). The largest absolute Gasteiger partial charge is 0.357 e. The molecule has 184 valence electrons. The highest BCUT2D eigenvalue weighted by Gasteiger charge is 2.27. The topological polar surface area (TPSA) is 104 Å². The number of nitrogens with one attached hydrogen (secondary N) is 4. The number of rotatable bonds is 9. The van der Waals surface area contributed by atoms with E-state index in [4.69, 9.17) is 0 Å². The molecule has 0 saturated heterocycles. The van der Waals surface area contributed by atoms with Gasteiger partial charge in [0.05, 0.1) is 0 Å². The zero-order valence-corrected chi connectivity index (χ0v) is 20.7. The van der Waals surface area contributed by atoms with Crippen molar-refractivity contribution in [2.75, 3.05) is 34.9 Å². The van der Waals surface area contributed by atoms with Crippen LogP contribution in [0.3, 0.4) is 0 Å². The Morgan fingerprint density at radius 2 is 1.57 bits per heavy atom. The molecule has 4 N–H and O–H groups in total. The van der Waals surface area contributed by atoms with Gasteiger partial charge in [-0.2, -0.15) is 15.0 Å². The summed E-state index contributed by atoms with van der Waals surface area (Å²) < 4.78 is 0. The Balaban J connectivity index is 1.31. The molecule has 1 unspecified atom stereocenters. The lowest BCUT2D eigenvalue weighted by Crippen LogP contribution is -2.32. The first-order chi connectivity index (χ1) is 17.0. The van der Waals surface area contributed by atoms with Gasteiger partial charge in [-0.15, -0.1) is 0 Å². The van der Waals surface area contributed by atoms with Gasteiger partial charge in [0.2, 0.25) is 23.8 Å². The van der Waals surface area contributed by atoms with E-state index in [9.17, 15) is 4.79 Å². The van der Waals surface area contributed by atoms with Gasteiger partial charge in [0, 0.05) is 31.2 Å². The highest BCUT2D eigenvalue weighted by atomic mass is 16.1. The van der Waals surface area contributed by atoms with E-state index in [-0.39, 0.29) is 17.9 Å². The fourth-order valence-electron chi connectivity index (χ4n) is 4.41. The summed E-state index contributed by atoms with van der Waals surface area (Å²) in [6, 6.07) is 18.5. The molecule has 0 aliphatic heterocycles. The maximum Gasteiger partial charge on any atom is 0.229 e. The van der Waals surface area contributed by atoms with Crippen molar-refractivity contribution >= 4 is 29.4 Å². The van der Waals surface area contributed by atoms with E-state index in [0.717, 1.165) is 43.5 Å². The van der Waals surface area contributed by atoms with Gasteiger partial charge in [0.25, 0.3) is 0 Å². The van der Waals surface area contributed by atoms with Crippen LogP contribution < -0.4 is 21.3 Å². The van der Waals surface area contributed by atoms with Crippen molar-refractivity contribution in [3.05, 3.63) is 65.7 Å². The van der Waals surface area contributed by atoms with Gasteiger partial charge >= 0.3 is 0 Å². The molecule has 2 aromatic carbocycles. The Hall–Kier alpha value is -3.68. The van der Waals surface area contributed by atoms with E-state index in [1.165, 1.54) is 5.56 Å². The summed E-state index contributed by atoms with van der Waals surface area (Å²) in [5.74, 6) is 2.06. The first-order valence-electron chi connectivity index (χ1n) is 12.4. The van der Waals surface area contributed by atoms with E-state index in [2.05, 4.69) is 67.4 Å². The molecule has 1 fully saturated rings. The minimum absolute atomic E-state index is 0.0237. The third kappa shape index (κ3) is 6.68. The average Bonchev–Trinajstić information content (AvgIpc) is 2.89. The third-order valence-electron chi connectivity index (χ3n) is 6.63. The van der Waals surface area contributed by atoms with Gasteiger partial charge in [-0.25, -0.2) is 0 Å². The molecule has 0 radical (unpaired) electrons. The van der Waals surface area contributed by atoms with E-state index in [1.807, 2.05) is 37.3 Å². The van der Waals surface area contributed by atoms with Gasteiger partial charge in [0.1, 0.15) is 0 Å². The smallest absolute Gasteiger partial charge is 0.229 e. The van der Waals surface area contributed by atoms with Crippen molar-refractivity contribution in [1.82, 2.24) is 15.0 Å². The van der Waals surface area contributed by atoms with Crippen molar-refractivity contribution in [2.24, 2.45) is 5.92 Å². The van der Waals surface area contributed by atoms with Crippen LogP contribution in [0.2, 0.25) is 0 Å². The number of anilines is 4. The summed E-state index contributed by atoms with van der Waals surface area (Å²) in [5.41, 5.74) is 3.24. The summed E-state index contributed by atoms with van der Waals surface area (Å²) in [7, 11) is 1.80. The predicted octanol–water partition coefficient (Wildman–Crippen LogP) is 5.05. The molecule has 8 nitrogen and oxygen atoms in total. The molecular weight excluding hydrogens is 438 g/mol. The Morgan fingerprint density at radius 1 is 0.914 bits per heavy atom. The number of nitrogens with zero attached hydrogens (tertiary/aromatic N) is 3. The molecule has 8 heteroatoms. The summed E-state index contributed by atoms with van der Waals surface area (Å²) in [4.78, 5) is 26.3. The van der Waals surface area contributed by atoms with Crippen LogP contribution in [0.25, 0.3) is 0 Å². The van der Waals surface area contributed by atoms with E-state index in [0.29, 0.717) is 23.8 Å². The van der Waals surface area contributed by atoms with Gasteiger partial charge < -0.3 is 21.3 Å². The van der Waals surface area contributed by atoms with Crippen LogP contribution in [0.1, 0.15) is 49.7 Å².